The normalized spacial score (nSPS) is 27.5. The molecular formula is C14H22N2O3S2. The Morgan fingerprint density at radius 1 is 1.43 bits per heavy atom. The number of aryl methyl sites for hydroxylation is 1. The van der Waals surface area contributed by atoms with Crippen molar-refractivity contribution in [3.8, 4) is 0 Å². The van der Waals surface area contributed by atoms with Crippen LogP contribution in [0.25, 0.3) is 0 Å². The molecule has 3 rings (SSSR count). The molecule has 0 amide bonds. The minimum atomic E-state index is -3.43. The van der Waals surface area contributed by atoms with Gasteiger partial charge in [-0.05, 0) is 31.4 Å². The van der Waals surface area contributed by atoms with Crippen LogP contribution in [-0.2, 0) is 21.3 Å². The minimum Gasteiger partial charge on any atom is -0.375 e. The second kappa shape index (κ2) is 5.96. The molecule has 0 radical (unpaired) electrons. The van der Waals surface area contributed by atoms with Crippen molar-refractivity contribution < 1.29 is 13.2 Å². The number of nitrogens with two attached hydrogens (primary N) is 1. The van der Waals surface area contributed by atoms with Gasteiger partial charge >= 0.3 is 0 Å². The average Bonchev–Trinajstić information content (AvgIpc) is 2.88. The number of sulfonamides is 1. The predicted molar refractivity (Wildman–Crippen MR) is 82.8 cm³/mol. The highest BCUT2D eigenvalue weighted by Gasteiger charge is 2.41. The monoisotopic (exact) mass is 330 g/mol. The van der Waals surface area contributed by atoms with Crippen molar-refractivity contribution in [2.24, 2.45) is 5.73 Å². The van der Waals surface area contributed by atoms with Crippen molar-refractivity contribution in [3.05, 3.63) is 16.5 Å². The summed E-state index contributed by atoms with van der Waals surface area (Å²) in [5, 5.41) is 0. The third-order valence-electron chi connectivity index (χ3n) is 4.43. The van der Waals surface area contributed by atoms with Gasteiger partial charge in [0.2, 0.25) is 0 Å². The first kappa shape index (κ1) is 15.4. The van der Waals surface area contributed by atoms with Crippen LogP contribution in [0.5, 0.6) is 0 Å². The Bertz CT molecular complexity index is 610. The predicted octanol–water partition coefficient (Wildman–Crippen LogP) is 1.85. The highest BCUT2D eigenvalue weighted by Crippen LogP contribution is 2.35. The fourth-order valence-corrected chi connectivity index (χ4v) is 6.55. The molecule has 1 aliphatic carbocycles. The first-order valence-corrected chi connectivity index (χ1v) is 9.72. The number of ether oxygens (including phenoxy) is 1. The lowest BCUT2D eigenvalue weighted by Crippen LogP contribution is -2.54. The first-order chi connectivity index (χ1) is 10.0. The van der Waals surface area contributed by atoms with E-state index >= 15 is 0 Å². The summed E-state index contributed by atoms with van der Waals surface area (Å²) in [5.74, 6) is 0. The van der Waals surface area contributed by atoms with E-state index in [-0.39, 0.29) is 12.1 Å². The molecule has 2 aliphatic rings. The highest BCUT2D eigenvalue weighted by molar-refractivity contribution is 7.91. The lowest BCUT2D eigenvalue weighted by Gasteiger charge is -2.42. The zero-order chi connectivity index (χ0) is 15.0. The van der Waals surface area contributed by atoms with Crippen LogP contribution in [0.2, 0.25) is 0 Å². The molecule has 5 nitrogen and oxygen atoms in total. The second-order valence-corrected chi connectivity index (χ2v) is 9.01. The summed E-state index contributed by atoms with van der Waals surface area (Å²) in [6, 6.07) is 1.76. The summed E-state index contributed by atoms with van der Waals surface area (Å²) in [7, 11) is -3.43. The van der Waals surface area contributed by atoms with Crippen molar-refractivity contribution in [1.29, 1.82) is 0 Å². The van der Waals surface area contributed by atoms with E-state index in [1.165, 1.54) is 11.3 Å². The van der Waals surface area contributed by atoms with Crippen molar-refractivity contribution in [3.63, 3.8) is 0 Å². The average molecular weight is 330 g/mol. The fraction of sp³-hybridized carbons (Fsp3) is 0.714. The summed E-state index contributed by atoms with van der Waals surface area (Å²) in [6.45, 7) is 3.26. The molecule has 0 spiro atoms. The van der Waals surface area contributed by atoms with Crippen LogP contribution in [0.4, 0.5) is 0 Å². The van der Waals surface area contributed by atoms with Crippen LogP contribution in [0.1, 0.15) is 36.1 Å². The molecule has 1 saturated carbocycles. The van der Waals surface area contributed by atoms with Gasteiger partial charge in [-0.15, -0.1) is 11.3 Å². The number of hydrogen-bond acceptors (Lipinski definition) is 5. The molecule has 1 saturated heterocycles. The molecule has 1 aromatic rings. The van der Waals surface area contributed by atoms with Gasteiger partial charge in [-0.2, -0.15) is 4.31 Å². The molecule has 2 atom stereocenters. The summed E-state index contributed by atoms with van der Waals surface area (Å²) in [6.07, 6.45) is 4.14. The van der Waals surface area contributed by atoms with Crippen molar-refractivity contribution in [1.82, 2.24) is 4.31 Å². The molecular weight excluding hydrogens is 308 g/mol. The Morgan fingerprint density at radius 2 is 2.19 bits per heavy atom. The molecule has 2 unspecified atom stereocenters. The number of hydrogen-bond donors (Lipinski definition) is 1. The van der Waals surface area contributed by atoms with Crippen molar-refractivity contribution in [2.45, 2.75) is 55.5 Å². The van der Waals surface area contributed by atoms with Crippen LogP contribution in [0.15, 0.2) is 10.3 Å². The number of nitrogens with zero attached hydrogens (tertiary/aromatic N) is 1. The number of morpholine rings is 1. The van der Waals surface area contributed by atoms with Crippen LogP contribution < -0.4 is 5.73 Å². The Balaban J connectivity index is 1.92. The minimum absolute atomic E-state index is 0.00114. The van der Waals surface area contributed by atoms with Gasteiger partial charge in [0.15, 0.2) is 0 Å². The lowest BCUT2D eigenvalue weighted by molar-refractivity contribution is -0.0585. The van der Waals surface area contributed by atoms with Crippen LogP contribution in [0.3, 0.4) is 0 Å². The quantitative estimate of drug-likeness (QED) is 0.918. The largest absolute Gasteiger partial charge is 0.375 e. The van der Waals surface area contributed by atoms with Crippen LogP contribution in [-0.4, -0.2) is 38.0 Å². The van der Waals surface area contributed by atoms with Crippen LogP contribution in [0, 0.1) is 6.92 Å². The van der Waals surface area contributed by atoms with Gasteiger partial charge < -0.3 is 10.5 Å². The van der Waals surface area contributed by atoms with E-state index in [0.717, 1.165) is 36.1 Å². The maximum absolute atomic E-state index is 13.0. The zero-order valence-corrected chi connectivity index (χ0v) is 13.9. The SMILES string of the molecule is Cc1cc(S(=O)(=O)N2CCOC3CCCCC32)sc1CN. The second-order valence-electron chi connectivity index (χ2n) is 5.75. The third-order valence-corrected chi connectivity index (χ3v) is 8.06. The Hall–Kier alpha value is -0.470. The van der Waals surface area contributed by atoms with Gasteiger partial charge in [0, 0.05) is 18.0 Å². The van der Waals surface area contributed by atoms with E-state index in [4.69, 9.17) is 10.5 Å². The number of thiophene rings is 1. The van der Waals surface area contributed by atoms with E-state index in [9.17, 15) is 8.42 Å². The van der Waals surface area contributed by atoms with E-state index < -0.39 is 10.0 Å². The molecule has 21 heavy (non-hydrogen) atoms. The van der Waals surface area contributed by atoms with E-state index in [1.54, 1.807) is 10.4 Å². The van der Waals surface area contributed by atoms with Crippen molar-refractivity contribution in [2.75, 3.05) is 13.2 Å². The van der Waals surface area contributed by atoms with Gasteiger partial charge in [0.25, 0.3) is 10.0 Å². The molecule has 0 bridgehead atoms. The van der Waals surface area contributed by atoms with Crippen molar-refractivity contribution >= 4 is 21.4 Å². The van der Waals surface area contributed by atoms with Gasteiger partial charge in [-0.3, -0.25) is 0 Å². The maximum Gasteiger partial charge on any atom is 0.252 e. The Morgan fingerprint density at radius 3 is 2.90 bits per heavy atom. The molecule has 2 N–H and O–H groups in total. The molecule has 2 heterocycles. The highest BCUT2D eigenvalue weighted by atomic mass is 32.2. The summed E-state index contributed by atoms with van der Waals surface area (Å²) < 4.78 is 33.8. The molecule has 1 aliphatic heterocycles. The summed E-state index contributed by atoms with van der Waals surface area (Å²) >= 11 is 1.30. The standard InChI is InChI=1S/C14H22N2O3S2/c1-10-8-14(20-13(10)9-15)21(17,18)16-6-7-19-12-5-3-2-4-11(12)16/h8,11-12H,2-7,9,15H2,1H3. The van der Waals surface area contributed by atoms with E-state index in [0.29, 0.717) is 23.9 Å². The molecule has 0 aromatic carbocycles. The van der Waals surface area contributed by atoms with Gasteiger partial charge in [-0.25, -0.2) is 8.42 Å². The molecule has 2 fully saturated rings. The zero-order valence-electron chi connectivity index (χ0n) is 12.2. The summed E-state index contributed by atoms with van der Waals surface area (Å²) in [5.41, 5.74) is 6.64. The molecule has 1 aromatic heterocycles. The van der Waals surface area contributed by atoms with Gasteiger partial charge in [0.1, 0.15) is 4.21 Å². The molecule has 7 heteroatoms. The third kappa shape index (κ3) is 2.77. The Kier molecular flexibility index (Phi) is 4.38. The van der Waals surface area contributed by atoms with Gasteiger partial charge in [-0.1, -0.05) is 12.8 Å². The first-order valence-electron chi connectivity index (χ1n) is 7.47. The van der Waals surface area contributed by atoms with E-state index in [1.807, 2.05) is 6.92 Å². The topological polar surface area (TPSA) is 72.6 Å². The smallest absolute Gasteiger partial charge is 0.252 e. The van der Waals surface area contributed by atoms with E-state index in [2.05, 4.69) is 0 Å². The number of fused-ring (bicyclic) bond motifs is 1. The summed E-state index contributed by atoms with van der Waals surface area (Å²) in [4.78, 5) is 0.946. The maximum atomic E-state index is 13.0. The van der Waals surface area contributed by atoms with Gasteiger partial charge in [0.05, 0.1) is 18.8 Å². The number of rotatable bonds is 3. The Labute approximate surface area is 130 Å². The van der Waals surface area contributed by atoms with Crippen LogP contribution >= 0.6 is 11.3 Å². The molecule has 118 valence electrons. The lowest BCUT2D eigenvalue weighted by atomic mass is 9.91. The fourth-order valence-electron chi connectivity index (χ4n) is 3.29.